The summed E-state index contributed by atoms with van der Waals surface area (Å²) in [6.45, 7) is -1.07. The Labute approximate surface area is 228 Å². The maximum Gasteiger partial charge on any atom is 0.416 e. The van der Waals surface area contributed by atoms with E-state index in [2.05, 4.69) is 5.32 Å². The Morgan fingerprint density at radius 1 is 1.02 bits per heavy atom. The highest BCUT2D eigenvalue weighted by Gasteiger charge is 2.68. The highest BCUT2D eigenvalue weighted by Crippen LogP contribution is 2.50. The van der Waals surface area contributed by atoms with Crippen LogP contribution in [-0.2, 0) is 20.6 Å². The van der Waals surface area contributed by atoms with Crippen LogP contribution < -0.4 is 15.0 Å². The molecule has 3 aromatic rings. The van der Waals surface area contributed by atoms with Crippen molar-refractivity contribution in [2.45, 2.75) is 17.8 Å². The van der Waals surface area contributed by atoms with Crippen molar-refractivity contribution in [1.82, 2.24) is 5.32 Å². The Kier molecular flexibility index (Phi) is 6.75. The number of aliphatic hydroxyl groups excluding tert-OH is 1. The first kappa shape index (κ1) is 27.7. The quantitative estimate of drug-likeness (QED) is 0.218. The Morgan fingerprint density at radius 3 is 2.32 bits per heavy atom. The van der Waals surface area contributed by atoms with Gasteiger partial charge in [0.05, 0.1) is 34.6 Å². The highest BCUT2D eigenvalue weighted by atomic mass is 19.4. The van der Waals surface area contributed by atoms with Crippen LogP contribution in [0.25, 0.3) is 0 Å². The van der Waals surface area contributed by atoms with Crippen LogP contribution in [0.15, 0.2) is 72.8 Å². The number of nitro groups is 1. The molecule has 2 heterocycles. The number of nitro benzene ring substituents is 1. The number of benzene rings is 3. The van der Waals surface area contributed by atoms with Crippen LogP contribution in [0.1, 0.15) is 17.2 Å². The van der Waals surface area contributed by atoms with Gasteiger partial charge in [-0.1, -0.05) is 24.3 Å². The predicted octanol–water partition coefficient (Wildman–Crippen LogP) is 3.67. The summed E-state index contributed by atoms with van der Waals surface area (Å²) >= 11 is 0. The molecule has 2 aliphatic heterocycles. The van der Waals surface area contributed by atoms with E-state index in [1.165, 1.54) is 48.5 Å². The van der Waals surface area contributed by atoms with E-state index in [1.807, 2.05) is 0 Å². The zero-order chi connectivity index (χ0) is 29.7. The minimum atomic E-state index is -4.60. The Hall–Kier alpha value is -4.82. The largest absolute Gasteiger partial charge is 0.480 e. The van der Waals surface area contributed by atoms with Crippen molar-refractivity contribution in [3.8, 4) is 11.5 Å². The van der Waals surface area contributed by atoms with Crippen LogP contribution in [0, 0.1) is 22.0 Å². The number of halogens is 3. The summed E-state index contributed by atoms with van der Waals surface area (Å²) in [5, 5.41) is 34.3. The second-order valence-corrected chi connectivity index (χ2v) is 9.55. The highest BCUT2D eigenvalue weighted by molar-refractivity contribution is 6.24. The number of fused-ring (bicyclic) bond motifs is 1. The first-order chi connectivity index (χ1) is 19.4. The predicted molar refractivity (Wildman–Crippen MR) is 134 cm³/mol. The van der Waals surface area contributed by atoms with Gasteiger partial charge in [-0.05, 0) is 42.0 Å². The summed E-state index contributed by atoms with van der Waals surface area (Å²) in [7, 11) is 0. The van der Waals surface area contributed by atoms with Gasteiger partial charge in [0, 0.05) is 18.2 Å². The normalized spacial score (nSPS) is 23.9. The first-order valence-corrected chi connectivity index (χ1v) is 12.1. The third kappa shape index (κ3) is 4.66. The fraction of sp³-hybridized carbons (Fsp3) is 0.222. The number of hydrogen-bond donors (Lipinski definition) is 3. The lowest BCUT2D eigenvalue weighted by Gasteiger charge is -2.29. The van der Waals surface area contributed by atoms with Crippen molar-refractivity contribution in [3.05, 3.63) is 94.0 Å². The molecule has 0 spiro atoms. The number of non-ortho nitro benzene ring substituents is 1. The van der Waals surface area contributed by atoms with Crippen LogP contribution in [0.4, 0.5) is 24.5 Å². The number of imide groups is 1. The topological polar surface area (TPSA) is 159 Å². The summed E-state index contributed by atoms with van der Waals surface area (Å²) in [5.74, 6) is -6.43. The van der Waals surface area contributed by atoms with Crippen LogP contribution in [0.3, 0.4) is 0 Å². The van der Waals surface area contributed by atoms with Gasteiger partial charge in [-0.25, -0.2) is 4.90 Å². The van der Waals surface area contributed by atoms with Crippen LogP contribution >= 0.6 is 0 Å². The zero-order valence-electron chi connectivity index (χ0n) is 20.7. The number of amides is 2. The zero-order valence-corrected chi connectivity index (χ0v) is 20.7. The summed E-state index contributed by atoms with van der Waals surface area (Å²) in [4.78, 5) is 50.9. The number of hydrogen-bond acceptors (Lipinski definition) is 8. The second kappa shape index (κ2) is 9.98. The molecule has 0 saturated carbocycles. The summed E-state index contributed by atoms with van der Waals surface area (Å²) in [6.07, 6.45) is -4.60. The van der Waals surface area contributed by atoms with E-state index in [1.54, 1.807) is 0 Å². The summed E-state index contributed by atoms with van der Waals surface area (Å²) in [6, 6.07) is 13.5. The van der Waals surface area contributed by atoms with Crippen molar-refractivity contribution in [1.29, 1.82) is 0 Å². The molecule has 11 nitrogen and oxygen atoms in total. The van der Waals surface area contributed by atoms with Crippen LogP contribution in [0.2, 0.25) is 0 Å². The van der Waals surface area contributed by atoms with Crippen molar-refractivity contribution in [2.75, 3.05) is 11.5 Å². The lowest BCUT2D eigenvalue weighted by Crippen LogP contribution is -2.58. The van der Waals surface area contributed by atoms with Crippen LogP contribution in [0.5, 0.6) is 11.5 Å². The average Bonchev–Trinajstić information content (AvgIpc) is 3.42. The van der Waals surface area contributed by atoms with E-state index < -0.39 is 70.2 Å². The van der Waals surface area contributed by atoms with E-state index in [4.69, 9.17) is 4.74 Å². The van der Waals surface area contributed by atoms with Gasteiger partial charge in [0.2, 0.25) is 11.8 Å². The van der Waals surface area contributed by atoms with Gasteiger partial charge in [-0.2, -0.15) is 13.2 Å². The number of alkyl halides is 3. The minimum absolute atomic E-state index is 0.0595. The molecule has 14 heteroatoms. The molecule has 2 aliphatic rings. The third-order valence-electron chi connectivity index (χ3n) is 7.20. The number of anilines is 1. The number of ether oxygens (including phenoxy) is 1. The molecule has 5 rings (SSSR count). The summed E-state index contributed by atoms with van der Waals surface area (Å²) < 4.78 is 45.0. The lowest BCUT2D eigenvalue weighted by molar-refractivity contribution is -0.384. The average molecular weight is 571 g/mol. The van der Waals surface area contributed by atoms with E-state index >= 15 is 0 Å². The number of nitrogens with zero attached hydrogens (tertiary/aromatic N) is 2. The van der Waals surface area contributed by atoms with Crippen molar-refractivity contribution in [2.24, 2.45) is 11.8 Å². The molecule has 0 aliphatic carbocycles. The molecule has 3 aromatic carbocycles. The Bertz CT molecular complexity index is 1580. The van der Waals surface area contributed by atoms with Gasteiger partial charge in [0.25, 0.3) is 5.69 Å². The molecule has 2 amide bonds. The van der Waals surface area contributed by atoms with E-state index in [0.717, 1.165) is 24.3 Å². The molecule has 41 heavy (non-hydrogen) atoms. The van der Waals surface area contributed by atoms with Crippen molar-refractivity contribution in [3.63, 3.8) is 0 Å². The third-order valence-corrected chi connectivity index (χ3v) is 7.20. The van der Waals surface area contributed by atoms with Gasteiger partial charge < -0.3 is 14.9 Å². The van der Waals surface area contributed by atoms with E-state index in [-0.39, 0.29) is 22.7 Å². The van der Waals surface area contributed by atoms with Gasteiger partial charge in [0.1, 0.15) is 11.5 Å². The van der Waals surface area contributed by atoms with Crippen molar-refractivity contribution < 1.29 is 47.4 Å². The molecule has 212 valence electrons. The molecule has 4 atom stereocenters. The monoisotopic (exact) mass is 571 g/mol. The van der Waals surface area contributed by atoms with Gasteiger partial charge in [-0.3, -0.25) is 29.8 Å². The molecule has 2 saturated heterocycles. The number of carbonyl (C=O) groups excluding carboxylic acids is 2. The fourth-order valence-corrected chi connectivity index (χ4v) is 5.34. The number of aliphatic hydroxyl groups is 1. The molecule has 0 bridgehead atoms. The molecule has 0 radical (unpaired) electrons. The molecule has 4 unspecified atom stereocenters. The number of aliphatic carboxylic acids is 1. The first-order valence-electron chi connectivity index (χ1n) is 12.1. The molecular weight excluding hydrogens is 551 g/mol. The van der Waals surface area contributed by atoms with Gasteiger partial charge in [0.15, 0.2) is 5.54 Å². The standard InChI is InChI=1S/C27H20F3N3O8/c28-27(29,30)15-5-2-9-19(11-15)41-18-8-1-4-14(10-18)22-20-21(26(13-34,31-22)25(37)38)24(36)32(23(20)35)16-6-3-7-17(12-16)33(39)40/h1-12,20-22,31,34H,13H2,(H,37,38). The smallest absolute Gasteiger partial charge is 0.416 e. The lowest BCUT2D eigenvalue weighted by atomic mass is 9.79. The maximum atomic E-state index is 13.7. The molecule has 0 aromatic heterocycles. The Balaban J connectivity index is 1.53. The number of carbonyl (C=O) groups is 3. The second-order valence-electron chi connectivity index (χ2n) is 9.55. The van der Waals surface area contributed by atoms with Gasteiger partial charge >= 0.3 is 12.1 Å². The molecule has 2 fully saturated rings. The van der Waals surface area contributed by atoms with Gasteiger partial charge in [-0.15, -0.1) is 0 Å². The number of carboxylic acids is 1. The SMILES string of the molecule is O=C1C2C(c3cccc(Oc4cccc(C(F)(F)F)c4)c3)NC(CO)(C(=O)O)C2C(=O)N1c1cccc([N+](=O)[O-])c1. The molecule has 3 N–H and O–H groups in total. The molecular formula is C27H20F3N3O8. The number of carboxylic acid groups (broad SMARTS) is 1. The number of nitrogens with one attached hydrogen (secondary N) is 1. The Morgan fingerprint density at radius 2 is 1.68 bits per heavy atom. The maximum absolute atomic E-state index is 13.7. The van der Waals surface area contributed by atoms with Crippen LogP contribution in [-0.4, -0.2) is 45.1 Å². The summed E-state index contributed by atoms with van der Waals surface area (Å²) in [5.41, 5.74) is -3.50. The fourth-order valence-electron chi connectivity index (χ4n) is 5.34. The number of rotatable bonds is 7. The minimum Gasteiger partial charge on any atom is -0.480 e. The van der Waals surface area contributed by atoms with E-state index in [9.17, 15) is 47.9 Å². The van der Waals surface area contributed by atoms with E-state index in [0.29, 0.717) is 4.90 Å². The van der Waals surface area contributed by atoms with Crippen molar-refractivity contribution >= 4 is 29.2 Å².